The Kier molecular flexibility index (Phi) is 2.88. The minimum Gasteiger partial charge on any atom is -0.477 e. The molecular weight excluding hydrogens is 218 g/mol. The van der Waals surface area contributed by atoms with Gasteiger partial charge in [0, 0.05) is 6.20 Å². The Morgan fingerprint density at radius 2 is 2.29 bits per heavy atom. The van der Waals surface area contributed by atoms with Crippen molar-refractivity contribution in [3.8, 4) is 6.07 Å². The standard InChI is InChI=1S/C12H9N3O2/c13-7-9-2-1-3-10(6-9)8-15-11(12(16)17)4-5-14-15/h1-6H,8H2,(H,16,17). The van der Waals surface area contributed by atoms with Crippen LogP contribution in [0, 0.1) is 11.3 Å². The second kappa shape index (κ2) is 4.49. The van der Waals surface area contributed by atoms with Gasteiger partial charge in [0.05, 0.1) is 18.2 Å². The van der Waals surface area contributed by atoms with Gasteiger partial charge < -0.3 is 5.11 Å². The van der Waals surface area contributed by atoms with Crippen LogP contribution < -0.4 is 0 Å². The number of carboxylic acids is 1. The van der Waals surface area contributed by atoms with Crippen LogP contribution in [0.25, 0.3) is 0 Å². The first kappa shape index (κ1) is 10.9. The van der Waals surface area contributed by atoms with E-state index in [1.807, 2.05) is 12.1 Å². The molecular formula is C12H9N3O2. The van der Waals surface area contributed by atoms with Gasteiger partial charge >= 0.3 is 5.97 Å². The molecule has 0 unspecified atom stereocenters. The highest BCUT2D eigenvalue weighted by molar-refractivity contribution is 5.85. The zero-order chi connectivity index (χ0) is 12.3. The molecule has 1 heterocycles. The fraction of sp³-hybridized carbons (Fsp3) is 0.0833. The van der Waals surface area contributed by atoms with E-state index in [2.05, 4.69) is 5.10 Å². The third-order valence-electron chi connectivity index (χ3n) is 2.32. The summed E-state index contributed by atoms with van der Waals surface area (Å²) in [6, 6.07) is 10.5. The number of carbonyl (C=O) groups is 1. The van der Waals surface area contributed by atoms with Gasteiger partial charge in [-0.3, -0.25) is 4.68 Å². The van der Waals surface area contributed by atoms with Gasteiger partial charge in [0.25, 0.3) is 0 Å². The minimum atomic E-state index is -1.01. The molecule has 0 radical (unpaired) electrons. The number of aromatic nitrogens is 2. The van der Waals surface area contributed by atoms with Crippen LogP contribution in [0.5, 0.6) is 0 Å². The maximum atomic E-state index is 10.9. The molecule has 0 saturated carbocycles. The molecule has 2 rings (SSSR count). The van der Waals surface area contributed by atoms with Gasteiger partial charge in [-0.15, -0.1) is 0 Å². The molecule has 0 bridgehead atoms. The number of hydrogen-bond donors (Lipinski definition) is 1. The highest BCUT2D eigenvalue weighted by atomic mass is 16.4. The van der Waals surface area contributed by atoms with Crippen molar-refractivity contribution in [1.29, 1.82) is 5.26 Å². The summed E-state index contributed by atoms with van der Waals surface area (Å²) in [6.45, 7) is 0.337. The Morgan fingerprint density at radius 1 is 1.47 bits per heavy atom. The van der Waals surface area contributed by atoms with E-state index in [0.29, 0.717) is 12.1 Å². The van der Waals surface area contributed by atoms with Gasteiger partial charge in [-0.2, -0.15) is 10.4 Å². The molecule has 5 heteroatoms. The number of rotatable bonds is 3. The fourth-order valence-electron chi connectivity index (χ4n) is 1.55. The van der Waals surface area contributed by atoms with Gasteiger partial charge in [0.15, 0.2) is 0 Å². The van der Waals surface area contributed by atoms with Crippen LogP contribution in [-0.4, -0.2) is 20.9 Å². The van der Waals surface area contributed by atoms with Crippen molar-refractivity contribution in [1.82, 2.24) is 9.78 Å². The summed E-state index contributed by atoms with van der Waals surface area (Å²) in [4.78, 5) is 10.9. The van der Waals surface area contributed by atoms with E-state index in [1.165, 1.54) is 16.9 Å². The van der Waals surface area contributed by atoms with Crippen molar-refractivity contribution >= 4 is 5.97 Å². The van der Waals surface area contributed by atoms with E-state index in [-0.39, 0.29) is 5.69 Å². The van der Waals surface area contributed by atoms with Crippen LogP contribution in [0.2, 0.25) is 0 Å². The van der Waals surface area contributed by atoms with Gasteiger partial charge in [0.1, 0.15) is 5.69 Å². The summed E-state index contributed by atoms with van der Waals surface area (Å²) in [5.74, 6) is -1.01. The normalized spacial score (nSPS) is 9.82. The Balaban J connectivity index is 2.29. The lowest BCUT2D eigenvalue weighted by Gasteiger charge is -2.04. The summed E-state index contributed by atoms with van der Waals surface area (Å²) in [7, 11) is 0. The van der Waals surface area contributed by atoms with Crippen LogP contribution in [0.1, 0.15) is 21.6 Å². The molecule has 0 saturated heterocycles. The molecule has 2 aromatic rings. The van der Waals surface area contributed by atoms with E-state index < -0.39 is 5.97 Å². The first-order valence-corrected chi connectivity index (χ1v) is 4.95. The largest absolute Gasteiger partial charge is 0.477 e. The maximum absolute atomic E-state index is 10.9. The van der Waals surface area contributed by atoms with Crippen molar-refractivity contribution in [2.45, 2.75) is 6.54 Å². The highest BCUT2D eigenvalue weighted by Crippen LogP contribution is 2.08. The number of nitriles is 1. The molecule has 5 nitrogen and oxygen atoms in total. The predicted octanol–water partition coefficient (Wildman–Crippen LogP) is 1.50. The van der Waals surface area contributed by atoms with Crippen LogP contribution in [-0.2, 0) is 6.54 Å². The zero-order valence-corrected chi connectivity index (χ0v) is 8.87. The monoisotopic (exact) mass is 227 g/mol. The number of hydrogen-bond acceptors (Lipinski definition) is 3. The quantitative estimate of drug-likeness (QED) is 0.861. The van der Waals surface area contributed by atoms with Gasteiger partial charge in [-0.25, -0.2) is 4.79 Å². The molecule has 17 heavy (non-hydrogen) atoms. The average molecular weight is 227 g/mol. The molecule has 0 aliphatic carbocycles. The van der Waals surface area contributed by atoms with Crippen LogP contribution in [0.3, 0.4) is 0 Å². The van der Waals surface area contributed by atoms with Gasteiger partial charge in [-0.05, 0) is 23.8 Å². The van der Waals surface area contributed by atoms with E-state index in [9.17, 15) is 4.79 Å². The molecule has 0 aliphatic heterocycles. The number of nitrogens with zero attached hydrogens (tertiary/aromatic N) is 3. The van der Waals surface area contributed by atoms with Crippen molar-refractivity contribution in [2.75, 3.05) is 0 Å². The summed E-state index contributed by atoms with van der Waals surface area (Å²) >= 11 is 0. The Morgan fingerprint density at radius 3 is 3.00 bits per heavy atom. The van der Waals surface area contributed by atoms with Crippen molar-refractivity contribution in [2.24, 2.45) is 0 Å². The van der Waals surface area contributed by atoms with Gasteiger partial charge in [0.2, 0.25) is 0 Å². The molecule has 1 aromatic carbocycles. The third-order valence-corrected chi connectivity index (χ3v) is 2.32. The zero-order valence-electron chi connectivity index (χ0n) is 8.87. The molecule has 0 spiro atoms. The van der Waals surface area contributed by atoms with Crippen LogP contribution >= 0.6 is 0 Å². The van der Waals surface area contributed by atoms with Crippen molar-refractivity contribution < 1.29 is 9.90 Å². The van der Waals surface area contributed by atoms with E-state index in [0.717, 1.165) is 5.56 Å². The lowest BCUT2D eigenvalue weighted by Crippen LogP contribution is -2.10. The fourth-order valence-corrected chi connectivity index (χ4v) is 1.55. The Labute approximate surface area is 97.5 Å². The second-order valence-corrected chi connectivity index (χ2v) is 3.49. The smallest absolute Gasteiger partial charge is 0.354 e. The third kappa shape index (κ3) is 2.32. The lowest BCUT2D eigenvalue weighted by atomic mass is 10.1. The Bertz CT molecular complexity index is 596. The minimum absolute atomic E-state index is 0.132. The molecule has 84 valence electrons. The first-order valence-electron chi connectivity index (χ1n) is 4.95. The molecule has 1 N–H and O–H groups in total. The number of aromatic carboxylic acids is 1. The summed E-state index contributed by atoms with van der Waals surface area (Å²) in [5.41, 5.74) is 1.52. The molecule has 0 amide bonds. The summed E-state index contributed by atoms with van der Waals surface area (Å²) in [6.07, 6.45) is 1.44. The van der Waals surface area contributed by atoms with Crippen LogP contribution in [0.4, 0.5) is 0 Å². The van der Waals surface area contributed by atoms with Gasteiger partial charge in [-0.1, -0.05) is 12.1 Å². The second-order valence-electron chi connectivity index (χ2n) is 3.49. The van der Waals surface area contributed by atoms with E-state index >= 15 is 0 Å². The van der Waals surface area contributed by atoms with Crippen molar-refractivity contribution in [3.05, 3.63) is 53.3 Å². The SMILES string of the molecule is N#Cc1cccc(Cn2nccc2C(=O)O)c1. The molecule has 1 aromatic heterocycles. The first-order chi connectivity index (χ1) is 8.20. The number of carboxylic acid groups (broad SMARTS) is 1. The van der Waals surface area contributed by atoms with Crippen LogP contribution in [0.15, 0.2) is 36.5 Å². The van der Waals surface area contributed by atoms with Crippen molar-refractivity contribution in [3.63, 3.8) is 0 Å². The molecule has 0 fully saturated rings. The topological polar surface area (TPSA) is 78.9 Å². The molecule has 0 aliphatic rings. The number of benzene rings is 1. The predicted molar refractivity (Wildman–Crippen MR) is 59.4 cm³/mol. The van der Waals surface area contributed by atoms with E-state index in [4.69, 9.17) is 10.4 Å². The van der Waals surface area contributed by atoms with E-state index in [1.54, 1.807) is 18.2 Å². The maximum Gasteiger partial charge on any atom is 0.354 e. The summed E-state index contributed by atoms with van der Waals surface area (Å²) in [5, 5.41) is 21.6. The average Bonchev–Trinajstić information content (AvgIpc) is 2.77. The molecule has 0 atom stereocenters. The summed E-state index contributed by atoms with van der Waals surface area (Å²) < 4.78 is 1.39. The highest BCUT2D eigenvalue weighted by Gasteiger charge is 2.10. The lowest BCUT2D eigenvalue weighted by molar-refractivity contribution is 0.0684. The Hall–Kier alpha value is -2.61.